The molecular weight excluding hydrogens is 277 g/mol. The molecule has 116 valence electrons. The van der Waals surface area contributed by atoms with Gasteiger partial charge in [-0.25, -0.2) is 0 Å². The van der Waals surface area contributed by atoms with Crippen molar-refractivity contribution >= 4 is 0 Å². The molecule has 3 rings (SSSR count). The highest BCUT2D eigenvalue weighted by molar-refractivity contribution is 5.20. The number of nitrogens with one attached hydrogen (secondary N) is 1. The van der Waals surface area contributed by atoms with Crippen LogP contribution in [-0.4, -0.2) is 36.2 Å². The van der Waals surface area contributed by atoms with Crippen LogP contribution in [0.1, 0.15) is 37.3 Å². The van der Waals surface area contributed by atoms with E-state index in [4.69, 9.17) is 0 Å². The molecule has 1 unspecified atom stereocenters. The van der Waals surface area contributed by atoms with Crippen LogP contribution in [0.2, 0.25) is 0 Å². The fourth-order valence-electron chi connectivity index (χ4n) is 2.77. The maximum Gasteiger partial charge on any atom is 0.401 e. The maximum absolute atomic E-state index is 12.9. The molecule has 2 aliphatic carbocycles. The van der Waals surface area contributed by atoms with E-state index in [-0.39, 0.29) is 12.1 Å². The van der Waals surface area contributed by atoms with E-state index in [2.05, 4.69) is 5.32 Å². The van der Waals surface area contributed by atoms with E-state index in [1.807, 2.05) is 30.3 Å². The molecule has 0 heterocycles. The Bertz CT molecular complexity index is 452. The van der Waals surface area contributed by atoms with E-state index in [1.165, 1.54) is 0 Å². The summed E-state index contributed by atoms with van der Waals surface area (Å²) in [7, 11) is 0. The number of hydrogen-bond donors (Lipinski definition) is 1. The number of benzene rings is 1. The molecule has 0 saturated heterocycles. The molecule has 21 heavy (non-hydrogen) atoms. The van der Waals surface area contributed by atoms with Crippen LogP contribution in [0.25, 0.3) is 0 Å². The quantitative estimate of drug-likeness (QED) is 0.829. The van der Waals surface area contributed by atoms with Crippen LogP contribution in [0.4, 0.5) is 13.2 Å². The SMILES string of the molecule is FC(F)(F)CN(C1CC1)C(CNC1CC1)c1ccccc1. The Kier molecular flexibility index (Phi) is 4.22. The predicted molar refractivity (Wildman–Crippen MR) is 76.0 cm³/mol. The Hall–Kier alpha value is -1.07. The summed E-state index contributed by atoms with van der Waals surface area (Å²) in [6, 6.07) is 9.97. The largest absolute Gasteiger partial charge is 0.401 e. The molecule has 1 atom stereocenters. The molecule has 1 N–H and O–H groups in total. The van der Waals surface area contributed by atoms with Crippen molar-refractivity contribution in [2.45, 2.75) is 50.0 Å². The molecule has 5 heteroatoms. The first-order chi connectivity index (χ1) is 10.0. The zero-order valence-electron chi connectivity index (χ0n) is 11.9. The molecule has 0 spiro atoms. The van der Waals surface area contributed by atoms with Gasteiger partial charge in [-0.05, 0) is 31.2 Å². The third-order valence-corrected chi connectivity index (χ3v) is 4.14. The molecule has 0 radical (unpaired) electrons. The van der Waals surface area contributed by atoms with Crippen molar-refractivity contribution in [2.24, 2.45) is 0 Å². The van der Waals surface area contributed by atoms with Crippen molar-refractivity contribution in [1.29, 1.82) is 0 Å². The minimum Gasteiger partial charge on any atom is -0.312 e. The lowest BCUT2D eigenvalue weighted by Gasteiger charge is -2.33. The van der Waals surface area contributed by atoms with Gasteiger partial charge in [0.2, 0.25) is 0 Å². The summed E-state index contributed by atoms with van der Waals surface area (Å²) < 4.78 is 38.8. The number of halogens is 3. The highest BCUT2D eigenvalue weighted by atomic mass is 19.4. The molecule has 2 fully saturated rings. The Morgan fingerprint density at radius 2 is 1.76 bits per heavy atom. The number of nitrogens with zero attached hydrogens (tertiary/aromatic N) is 1. The molecule has 2 saturated carbocycles. The lowest BCUT2D eigenvalue weighted by molar-refractivity contribution is -0.152. The zero-order valence-corrected chi connectivity index (χ0v) is 11.9. The van der Waals surface area contributed by atoms with Crippen LogP contribution in [0, 0.1) is 0 Å². The molecule has 0 aliphatic heterocycles. The third-order valence-electron chi connectivity index (χ3n) is 4.14. The van der Waals surface area contributed by atoms with Gasteiger partial charge in [0.25, 0.3) is 0 Å². The van der Waals surface area contributed by atoms with Gasteiger partial charge < -0.3 is 5.32 Å². The van der Waals surface area contributed by atoms with Crippen LogP contribution in [0.15, 0.2) is 30.3 Å². The standard InChI is InChI=1S/C16H21F3N2/c17-16(18,19)11-21(14-8-9-14)15(10-20-13-6-7-13)12-4-2-1-3-5-12/h1-5,13-15,20H,6-11H2. The Labute approximate surface area is 123 Å². The van der Waals surface area contributed by atoms with Crippen molar-refractivity contribution in [3.05, 3.63) is 35.9 Å². The van der Waals surface area contributed by atoms with Crippen molar-refractivity contribution in [3.8, 4) is 0 Å². The Morgan fingerprint density at radius 1 is 1.10 bits per heavy atom. The van der Waals surface area contributed by atoms with Crippen LogP contribution >= 0.6 is 0 Å². The van der Waals surface area contributed by atoms with E-state index in [0.29, 0.717) is 12.6 Å². The summed E-state index contributed by atoms with van der Waals surface area (Å²) in [6.45, 7) is -0.217. The fraction of sp³-hybridized carbons (Fsp3) is 0.625. The lowest BCUT2D eigenvalue weighted by atomic mass is 10.0. The monoisotopic (exact) mass is 298 g/mol. The molecule has 2 aliphatic rings. The Morgan fingerprint density at radius 3 is 2.29 bits per heavy atom. The van der Waals surface area contributed by atoms with Gasteiger partial charge in [0.05, 0.1) is 6.54 Å². The molecule has 1 aromatic carbocycles. The summed E-state index contributed by atoms with van der Waals surface area (Å²) >= 11 is 0. The van der Waals surface area contributed by atoms with Gasteiger partial charge >= 0.3 is 6.18 Å². The molecule has 0 bridgehead atoms. The number of alkyl halides is 3. The minimum absolute atomic E-state index is 0.0813. The fourth-order valence-corrected chi connectivity index (χ4v) is 2.77. The van der Waals surface area contributed by atoms with Crippen molar-refractivity contribution in [3.63, 3.8) is 0 Å². The van der Waals surface area contributed by atoms with E-state index < -0.39 is 12.7 Å². The van der Waals surface area contributed by atoms with Gasteiger partial charge in [0.15, 0.2) is 0 Å². The second-order valence-electron chi connectivity index (χ2n) is 6.13. The van der Waals surface area contributed by atoms with Crippen LogP contribution in [0.5, 0.6) is 0 Å². The number of rotatable bonds is 7. The van der Waals surface area contributed by atoms with Gasteiger partial charge in [0, 0.05) is 24.7 Å². The second kappa shape index (κ2) is 5.97. The maximum atomic E-state index is 12.9. The smallest absolute Gasteiger partial charge is 0.312 e. The van der Waals surface area contributed by atoms with E-state index >= 15 is 0 Å². The predicted octanol–water partition coefficient (Wildman–Crippen LogP) is 3.51. The topological polar surface area (TPSA) is 15.3 Å². The summed E-state index contributed by atoms with van der Waals surface area (Å²) in [6.07, 6.45) is -0.102. The summed E-state index contributed by atoms with van der Waals surface area (Å²) in [4.78, 5) is 1.64. The van der Waals surface area contributed by atoms with Crippen LogP contribution in [0.3, 0.4) is 0 Å². The zero-order chi connectivity index (χ0) is 14.9. The summed E-state index contributed by atoms with van der Waals surface area (Å²) in [5.74, 6) is 0. The van der Waals surface area contributed by atoms with Gasteiger partial charge in [0.1, 0.15) is 0 Å². The molecule has 0 amide bonds. The van der Waals surface area contributed by atoms with Gasteiger partial charge in [-0.15, -0.1) is 0 Å². The van der Waals surface area contributed by atoms with Gasteiger partial charge in [-0.1, -0.05) is 30.3 Å². The molecular formula is C16H21F3N2. The molecule has 1 aromatic rings. The highest BCUT2D eigenvalue weighted by Gasteiger charge is 2.42. The van der Waals surface area contributed by atoms with E-state index in [9.17, 15) is 13.2 Å². The first-order valence-corrected chi connectivity index (χ1v) is 7.64. The number of hydrogen-bond acceptors (Lipinski definition) is 2. The second-order valence-corrected chi connectivity index (χ2v) is 6.13. The minimum atomic E-state index is -4.14. The van der Waals surface area contributed by atoms with Gasteiger partial charge in [-0.2, -0.15) is 13.2 Å². The van der Waals surface area contributed by atoms with Gasteiger partial charge in [-0.3, -0.25) is 4.90 Å². The first-order valence-electron chi connectivity index (χ1n) is 7.64. The molecule has 2 nitrogen and oxygen atoms in total. The first kappa shape index (κ1) is 14.9. The summed E-state index contributed by atoms with van der Waals surface area (Å²) in [5, 5.41) is 3.40. The van der Waals surface area contributed by atoms with E-state index in [0.717, 1.165) is 31.2 Å². The van der Waals surface area contributed by atoms with E-state index in [1.54, 1.807) is 4.90 Å². The molecule has 0 aromatic heterocycles. The highest BCUT2D eigenvalue weighted by Crippen LogP contribution is 2.37. The normalized spacial score (nSPS) is 20.8. The Balaban J connectivity index is 1.77. The van der Waals surface area contributed by atoms with Crippen LogP contribution < -0.4 is 5.32 Å². The third kappa shape index (κ3) is 4.45. The average molecular weight is 298 g/mol. The average Bonchev–Trinajstić information content (AvgIpc) is 3.30. The van der Waals surface area contributed by atoms with Crippen LogP contribution in [-0.2, 0) is 0 Å². The lowest BCUT2D eigenvalue weighted by Crippen LogP contribution is -2.43. The van der Waals surface area contributed by atoms with Crippen molar-refractivity contribution in [1.82, 2.24) is 10.2 Å². The summed E-state index contributed by atoms with van der Waals surface area (Å²) in [5.41, 5.74) is 0.974. The van der Waals surface area contributed by atoms with Crippen molar-refractivity contribution < 1.29 is 13.2 Å². The van der Waals surface area contributed by atoms with Crippen molar-refractivity contribution in [2.75, 3.05) is 13.1 Å².